The molecule has 1 aliphatic heterocycles. The number of aromatic nitrogens is 2. The van der Waals surface area contributed by atoms with Gasteiger partial charge in [0, 0.05) is 38.3 Å². The minimum absolute atomic E-state index is 0.00770. The Labute approximate surface area is 151 Å². The van der Waals surface area contributed by atoms with Gasteiger partial charge in [-0.25, -0.2) is 4.39 Å². The summed E-state index contributed by atoms with van der Waals surface area (Å²) in [5.74, 6) is 0.563. The number of benzene rings is 1. The van der Waals surface area contributed by atoms with Crippen molar-refractivity contribution in [3.8, 4) is 5.75 Å². The molecule has 6 nitrogen and oxygen atoms in total. The van der Waals surface area contributed by atoms with E-state index in [9.17, 15) is 9.18 Å². The van der Waals surface area contributed by atoms with E-state index in [1.54, 1.807) is 18.3 Å². The Bertz CT molecular complexity index is 772. The molecule has 0 radical (unpaired) electrons. The highest BCUT2D eigenvalue weighted by Gasteiger charge is 2.47. The average Bonchev–Trinajstić information content (AvgIpc) is 3.29. The highest BCUT2D eigenvalue weighted by atomic mass is 19.1. The van der Waals surface area contributed by atoms with Gasteiger partial charge in [0.05, 0.1) is 11.7 Å². The summed E-state index contributed by atoms with van der Waals surface area (Å²) in [6.07, 6.45) is 4.43. The SMILES string of the molecule is Cn1nccc1[C@H]1[C@H](NCCOc2ccc(F)cc2)CC(=O)N1C1CC1. The lowest BCUT2D eigenvalue weighted by Gasteiger charge is -2.29. The van der Waals surface area contributed by atoms with E-state index in [2.05, 4.69) is 10.4 Å². The second kappa shape index (κ2) is 7.07. The van der Waals surface area contributed by atoms with E-state index in [1.807, 2.05) is 22.7 Å². The number of hydrogen-bond acceptors (Lipinski definition) is 4. The van der Waals surface area contributed by atoms with Crippen LogP contribution in [-0.4, -0.2) is 45.8 Å². The lowest BCUT2D eigenvalue weighted by molar-refractivity contribution is -0.129. The number of nitrogens with one attached hydrogen (secondary N) is 1. The first-order chi connectivity index (χ1) is 12.6. The summed E-state index contributed by atoms with van der Waals surface area (Å²) in [7, 11) is 1.91. The molecule has 1 aromatic carbocycles. The summed E-state index contributed by atoms with van der Waals surface area (Å²) in [5, 5.41) is 7.74. The van der Waals surface area contributed by atoms with Crippen molar-refractivity contribution in [3.05, 3.63) is 48.0 Å². The van der Waals surface area contributed by atoms with Gasteiger partial charge < -0.3 is 15.0 Å². The third-order valence-corrected chi connectivity index (χ3v) is 5.06. The summed E-state index contributed by atoms with van der Waals surface area (Å²) in [6.45, 7) is 1.07. The molecule has 1 saturated carbocycles. The van der Waals surface area contributed by atoms with Crippen molar-refractivity contribution in [2.75, 3.05) is 13.2 Å². The number of likely N-dealkylation sites (tertiary alicyclic amines) is 1. The Morgan fingerprint density at radius 3 is 2.69 bits per heavy atom. The Hall–Kier alpha value is -2.41. The molecule has 0 spiro atoms. The van der Waals surface area contributed by atoms with Gasteiger partial charge in [0.25, 0.3) is 0 Å². The fourth-order valence-corrected chi connectivity index (χ4v) is 3.69. The molecule has 2 aromatic rings. The van der Waals surface area contributed by atoms with Crippen molar-refractivity contribution in [3.63, 3.8) is 0 Å². The zero-order valence-electron chi connectivity index (χ0n) is 14.8. The third-order valence-electron chi connectivity index (χ3n) is 5.06. The number of halogens is 1. The standard InChI is InChI=1S/C19H23FN4O2/c1-23-17(8-9-22-23)19-16(12-18(25)24(19)14-4-5-14)21-10-11-26-15-6-2-13(20)3-7-15/h2-3,6-9,14,16,19,21H,4-5,10-12H2,1H3/t16-,19-/m1/s1. The minimum Gasteiger partial charge on any atom is -0.492 e. The highest BCUT2D eigenvalue weighted by Crippen LogP contribution is 2.41. The van der Waals surface area contributed by atoms with E-state index in [0.29, 0.717) is 31.4 Å². The van der Waals surface area contributed by atoms with Crippen molar-refractivity contribution in [1.29, 1.82) is 0 Å². The van der Waals surface area contributed by atoms with Crippen LogP contribution in [0.5, 0.6) is 5.75 Å². The van der Waals surface area contributed by atoms with E-state index in [4.69, 9.17) is 4.74 Å². The Kier molecular flexibility index (Phi) is 4.63. The average molecular weight is 358 g/mol. The highest BCUT2D eigenvalue weighted by molar-refractivity contribution is 5.81. The molecule has 1 N–H and O–H groups in total. The van der Waals surface area contributed by atoms with Crippen LogP contribution in [0.1, 0.15) is 31.0 Å². The maximum Gasteiger partial charge on any atom is 0.225 e. The largest absolute Gasteiger partial charge is 0.492 e. The summed E-state index contributed by atoms with van der Waals surface area (Å²) in [5.41, 5.74) is 1.06. The molecule has 1 aromatic heterocycles. The van der Waals surface area contributed by atoms with Crippen LogP contribution in [0.15, 0.2) is 36.5 Å². The number of aryl methyl sites for hydroxylation is 1. The number of rotatable bonds is 7. The van der Waals surface area contributed by atoms with Crippen molar-refractivity contribution in [2.24, 2.45) is 7.05 Å². The molecule has 0 unspecified atom stereocenters. The van der Waals surface area contributed by atoms with Gasteiger partial charge in [0.2, 0.25) is 5.91 Å². The first-order valence-corrected chi connectivity index (χ1v) is 9.04. The van der Waals surface area contributed by atoms with Crippen molar-refractivity contribution >= 4 is 5.91 Å². The van der Waals surface area contributed by atoms with Crippen LogP contribution >= 0.6 is 0 Å². The summed E-state index contributed by atoms with van der Waals surface area (Å²) in [6, 6.07) is 8.38. The van der Waals surface area contributed by atoms with Gasteiger partial charge in [-0.05, 0) is 43.2 Å². The zero-order valence-corrected chi connectivity index (χ0v) is 14.8. The second-order valence-corrected chi connectivity index (χ2v) is 6.92. The molecule has 1 saturated heterocycles. The van der Waals surface area contributed by atoms with Crippen LogP contribution in [0.3, 0.4) is 0 Å². The Morgan fingerprint density at radius 2 is 2.04 bits per heavy atom. The van der Waals surface area contributed by atoms with Gasteiger partial charge in [-0.2, -0.15) is 5.10 Å². The van der Waals surface area contributed by atoms with Gasteiger partial charge >= 0.3 is 0 Å². The molecule has 2 aliphatic rings. The number of carbonyl (C=O) groups excluding carboxylic acids is 1. The molecule has 1 amide bonds. The van der Waals surface area contributed by atoms with Crippen molar-refractivity contribution in [1.82, 2.24) is 20.0 Å². The quantitative estimate of drug-likeness (QED) is 0.770. The van der Waals surface area contributed by atoms with E-state index in [0.717, 1.165) is 18.5 Å². The minimum atomic E-state index is -0.279. The monoisotopic (exact) mass is 358 g/mol. The van der Waals surface area contributed by atoms with E-state index in [-0.39, 0.29) is 23.8 Å². The normalized spacial score (nSPS) is 22.8. The fourth-order valence-electron chi connectivity index (χ4n) is 3.69. The first kappa shape index (κ1) is 17.0. The van der Waals surface area contributed by atoms with Gasteiger partial charge in [-0.1, -0.05) is 0 Å². The lowest BCUT2D eigenvalue weighted by Crippen LogP contribution is -2.40. The smallest absolute Gasteiger partial charge is 0.225 e. The predicted molar refractivity (Wildman–Crippen MR) is 94.1 cm³/mol. The predicted octanol–water partition coefficient (Wildman–Crippen LogP) is 2.03. The Morgan fingerprint density at radius 1 is 1.27 bits per heavy atom. The van der Waals surface area contributed by atoms with E-state index >= 15 is 0 Å². The molecule has 7 heteroatoms. The molecule has 2 heterocycles. The van der Waals surface area contributed by atoms with Crippen LogP contribution in [0.2, 0.25) is 0 Å². The molecular weight excluding hydrogens is 335 g/mol. The zero-order chi connectivity index (χ0) is 18.1. The van der Waals surface area contributed by atoms with Gasteiger partial charge in [0.1, 0.15) is 18.2 Å². The fraction of sp³-hybridized carbons (Fsp3) is 0.474. The third kappa shape index (κ3) is 3.44. The number of hydrogen-bond donors (Lipinski definition) is 1. The maximum atomic E-state index is 12.9. The number of ether oxygens (including phenoxy) is 1. The molecule has 0 bridgehead atoms. The summed E-state index contributed by atoms with van der Waals surface area (Å²) >= 11 is 0. The number of carbonyl (C=O) groups is 1. The first-order valence-electron chi connectivity index (χ1n) is 9.04. The maximum absolute atomic E-state index is 12.9. The van der Waals surface area contributed by atoms with Gasteiger partial charge in [-0.3, -0.25) is 9.48 Å². The van der Waals surface area contributed by atoms with Gasteiger partial charge in [-0.15, -0.1) is 0 Å². The summed E-state index contributed by atoms with van der Waals surface area (Å²) < 4.78 is 20.4. The van der Waals surface area contributed by atoms with Crippen LogP contribution in [0, 0.1) is 5.82 Å². The lowest BCUT2D eigenvalue weighted by atomic mass is 10.1. The number of nitrogens with zero attached hydrogens (tertiary/aromatic N) is 3. The second-order valence-electron chi connectivity index (χ2n) is 6.92. The molecule has 4 rings (SSSR count). The summed E-state index contributed by atoms with van der Waals surface area (Å²) in [4.78, 5) is 14.6. The molecule has 26 heavy (non-hydrogen) atoms. The van der Waals surface area contributed by atoms with Crippen LogP contribution in [0.25, 0.3) is 0 Å². The van der Waals surface area contributed by atoms with Crippen molar-refractivity contribution in [2.45, 2.75) is 37.4 Å². The van der Waals surface area contributed by atoms with Crippen LogP contribution in [0.4, 0.5) is 4.39 Å². The number of amides is 1. The molecule has 138 valence electrons. The molecule has 1 aliphatic carbocycles. The molecule has 2 fully saturated rings. The Balaban J connectivity index is 1.39. The van der Waals surface area contributed by atoms with Crippen LogP contribution in [-0.2, 0) is 11.8 Å². The topological polar surface area (TPSA) is 59.4 Å². The molecule has 2 atom stereocenters. The van der Waals surface area contributed by atoms with Gasteiger partial charge in [0.15, 0.2) is 0 Å². The van der Waals surface area contributed by atoms with Crippen LogP contribution < -0.4 is 10.1 Å². The molecular formula is C19H23FN4O2. The van der Waals surface area contributed by atoms with Crippen molar-refractivity contribution < 1.29 is 13.9 Å². The van der Waals surface area contributed by atoms with E-state index in [1.165, 1.54) is 12.1 Å². The van der Waals surface area contributed by atoms with E-state index < -0.39 is 0 Å².